The Morgan fingerprint density at radius 1 is 1.86 bits per heavy atom. The van der Waals surface area contributed by atoms with Gasteiger partial charge in [0.25, 0.3) is 0 Å². The summed E-state index contributed by atoms with van der Waals surface area (Å²) in [4.78, 5) is 0. The lowest BCUT2D eigenvalue weighted by Gasteiger charge is -1.95. The average molecular weight is 101 g/mol. The van der Waals surface area contributed by atoms with E-state index in [0.29, 0.717) is 6.61 Å². The van der Waals surface area contributed by atoms with Crippen LogP contribution in [0.25, 0.3) is 0 Å². The number of hydrogen-bond donors (Lipinski definition) is 1. The van der Waals surface area contributed by atoms with Gasteiger partial charge in [0.05, 0.1) is 12.9 Å². The third-order valence-electron chi connectivity index (χ3n) is 0.588. The molecule has 0 bridgehead atoms. The summed E-state index contributed by atoms with van der Waals surface area (Å²) in [6.45, 7) is 4.97. The molecule has 0 aliphatic heterocycles. The van der Waals surface area contributed by atoms with Crippen molar-refractivity contribution in [3.63, 3.8) is 0 Å². The van der Waals surface area contributed by atoms with Gasteiger partial charge in [-0.15, -0.1) is 0 Å². The van der Waals surface area contributed by atoms with Crippen LogP contribution in [-0.4, -0.2) is 20.2 Å². The highest BCUT2D eigenvalue weighted by Gasteiger charge is 1.74. The average Bonchev–Trinajstić information content (AvgIpc) is 1.69. The highest BCUT2D eigenvalue weighted by molar-refractivity contribution is 4.48. The highest BCUT2D eigenvalue weighted by Crippen LogP contribution is 1.67. The molecule has 0 amide bonds. The van der Waals surface area contributed by atoms with Gasteiger partial charge in [0.2, 0.25) is 0 Å². The maximum Gasteiger partial charge on any atom is 0.0997 e. The molecule has 0 heterocycles. The van der Waals surface area contributed by atoms with Crippen LogP contribution in [0.3, 0.4) is 0 Å². The minimum atomic E-state index is 0.708. The van der Waals surface area contributed by atoms with Crippen LogP contribution in [0.2, 0.25) is 0 Å². The largest absolute Gasteiger partial charge is 0.500 e. The van der Waals surface area contributed by atoms with Crippen molar-refractivity contribution in [2.45, 2.75) is 0 Å². The molecule has 0 saturated heterocycles. The van der Waals surface area contributed by atoms with Crippen molar-refractivity contribution in [1.82, 2.24) is 5.32 Å². The molecule has 7 heavy (non-hydrogen) atoms. The molecule has 0 saturated carbocycles. The molecule has 42 valence electrons. The third-order valence-corrected chi connectivity index (χ3v) is 0.588. The Morgan fingerprint density at radius 3 is 3.00 bits per heavy atom. The van der Waals surface area contributed by atoms with Gasteiger partial charge in [-0.1, -0.05) is 6.58 Å². The summed E-state index contributed by atoms with van der Waals surface area (Å²) in [5, 5.41) is 2.93. The van der Waals surface area contributed by atoms with E-state index in [9.17, 15) is 0 Å². The Labute approximate surface area is 44.2 Å². The van der Waals surface area contributed by atoms with Crippen LogP contribution in [0.1, 0.15) is 0 Å². The Balaban J connectivity index is 2.56. The van der Waals surface area contributed by atoms with Gasteiger partial charge in [-0.05, 0) is 7.05 Å². The third kappa shape index (κ3) is 5.50. The fourth-order valence-corrected chi connectivity index (χ4v) is 0.244. The first kappa shape index (κ1) is 6.50. The molecule has 0 spiro atoms. The van der Waals surface area contributed by atoms with E-state index in [1.807, 2.05) is 7.05 Å². The van der Waals surface area contributed by atoms with Gasteiger partial charge in [-0.2, -0.15) is 0 Å². The molecule has 0 radical (unpaired) electrons. The zero-order chi connectivity index (χ0) is 5.54. The Bertz CT molecular complexity index is 45.3. The molecule has 0 aromatic heterocycles. The van der Waals surface area contributed by atoms with E-state index < -0.39 is 0 Å². The molecule has 0 aliphatic carbocycles. The van der Waals surface area contributed by atoms with Crippen LogP contribution in [0.5, 0.6) is 0 Å². The Kier molecular flexibility index (Phi) is 5.11. The molecule has 0 atom stereocenters. The molecule has 2 nitrogen and oxygen atoms in total. The van der Waals surface area contributed by atoms with Gasteiger partial charge in [0, 0.05) is 6.54 Å². The molecular weight excluding hydrogens is 90.1 g/mol. The first-order chi connectivity index (χ1) is 3.41. The standard InChI is InChI=1S/C5H11NO/c1-3-7-5-4-6-2/h3,6H,1,4-5H2,2H3. The van der Waals surface area contributed by atoms with Crippen LogP contribution in [0, 0.1) is 0 Å². The maximum atomic E-state index is 4.78. The lowest BCUT2D eigenvalue weighted by molar-refractivity contribution is 0.253. The molecule has 0 aromatic carbocycles. The minimum absolute atomic E-state index is 0.708. The van der Waals surface area contributed by atoms with Gasteiger partial charge >= 0.3 is 0 Å². The first-order valence-corrected chi connectivity index (χ1v) is 2.29. The molecular formula is C5H11NO. The van der Waals surface area contributed by atoms with Gasteiger partial charge in [-0.3, -0.25) is 0 Å². The zero-order valence-corrected chi connectivity index (χ0v) is 4.61. The summed E-state index contributed by atoms with van der Waals surface area (Å²) in [5.74, 6) is 0. The van der Waals surface area contributed by atoms with E-state index in [2.05, 4.69) is 11.9 Å². The van der Waals surface area contributed by atoms with Gasteiger partial charge in [0.15, 0.2) is 0 Å². The predicted molar refractivity (Wildman–Crippen MR) is 30.1 cm³/mol. The fourth-order valence-electron chi connectivity index (χ4n) is 0.244. The van der Waals surface area contributed by atoms with Crippen LogP contribution in [0.4, 0.5) is 0 Å². The summed E-state index contributed by atoms with van der Waals surface area (Å²) in [6.07, 6.45) is 1.44. The van der Waals surface area contributed by atoms with Crippen molar-refractivity contribution in [3.05, 3.63) is 12.8 Å². The molecule has 0 aromatic rings. The molecule has 0 fully saturated rings. The van der Waals surface area contributed by atoms with Crippen molar-refractivity contribution in [2.24, 2.45) is 0 Å². The normalized spacial score (nSPS) is 8.14. The number of ether oxygens (including phenoxy) is 1. The van der Waals surface area contributed by atoms with Crippen molar-refractivity contribution < 1.29 is 4.74 Å². The summed E-state index contributed by atoms with van der Waals surface area (Å²) < 4.78 is 4.78. The maximum absolute atomic E-state index is 4.78. The summed E-state index contributed by atoms with van der Waals surface area (Å²) >= 11 is 0. The zero-order valence-electron chi connectivity index (χ0n) is 4.61. The van der Waals surface area contributed by atoms with E-state index in [0.717, 1.165) is 6.54 Å². The molecule has 0 aliphatic rings. The van der Waals surface area contributed by atoms with E-state index >= 15 is 0 Å². The summed E-state index contributed by atoms with van der Waals surface area (Å²) in [5.41, 5.74) is 0. The molecule has 0 unspecified atom stereocenters. The second-order valence-corrected chi connectivity index (χ2v) is 1.14. The predicted octanol–water partition coefficient (Wildman–Crippen LogP) is 0.366. The monoisotopic (exact) mass is 101 g/mol. The van der Waals surface area contributed by atoms with Crippen LogP contribution in [0.15, 0.2) is 12.8 Å². The second-order valence-electron chi connectivity index (χ2n) is 1.14. The summed E-state index contributed by atoms with van der Waals surface area (Å²) in [7, 11) is 1.88. The van der Waals surface area contributed by atoms with E-state index in [-0.39, 0.29) is 0 Å². The summed E-state index contributed by atoms with van der Waals surface area (Å²) in [6, 6.07) is 0. The first-order valence-electron chi connectivity index (χ1n) is 2.29. The molecule has 1 N–H and O–H groups in total. The van der Waals surface area contributed by atoms with E-state index in [1.165, 1.54) is 6.26 Å². The highest BCUT2D eigenvalue weighted by atomic mass is 16.5. The van der Waals surface area contributed by atoms with Crippen molar-refractivity contribution in [3.8, 4) is 0 Å². The smallest absolute Gasteiger partial charge is 0.0997 e. The number of nitrogens with one attached hydrogen (secondary N) is 1. The Morgan fingerprint density at radius 2 is 2.57 bits per heavy atom. The van der Waals surface area contributed by atoms with Gasteiger partial charge in [-0.25, -0.2) is 0 Å². The quantitative estimate of drug-likeness (QED) is 0.408. The second kappa shape index (κ2) is 5.50. The van der Waals surface area contributed by atoms with E-state index in [1.54, 1.807) is 0 Å². The Hall–Kier alpha value is -0.500. The molecule has 0 rings (SSSR count). The van der Waals surface area contributed by atoms with Crippen LogP contribution >= 0.6 is 0 Å². The lowest BCUT2D eigenvalue weighted by atomic mass is 10.7. The van der Waals surface area contributed by atoms with Gasteiger partial charge < -0.3 is 10.1 Å². The topological polar surface area (TPSA) is 21.3 Å². The number of likely N-dealkylation sites (N-methyl/N-ethyl adjacent to an activating group) is 1. The number of rotatable bonds is 4. The van der Waals surface area contributed by atoms with Crippen molar-refractivity contribution in [2.75, 3.05) is 20.2 Å². The van der Waals surface area contributed by atoms with Crippen LogP contribution in [-0.2, 0) is 4.74 Å². The molecule has 2 heteroatoms. The fraction of sp³-hybridized carbons (Fsp3) is 0.600. The van der Waals surface area contributed by atoms with Gasteiger partial charge in [0.1, 0.15) is 0 Å². The lowest BCUT2D eigenvalue weighted by Crippen LogP contribution is -2.12. The minimum Gasteiger partial charge on any atom is -0.500 e. The van der Waals surface area contributed by atoms with E-state index in [4.69, 9.17) is 4.74 Å². The van der Waals surface area contributed by atoms with Crippen molar-refractivity contribution >= 4 is 0 Å². The van der Waals surface area contributed by atoms with Crippen LogP contribution < -0.4 is 5.32 Å². The van der Waals surface area contributed by atoms with Crippen molar-refractivity contribution in [1.29, 1.82) is 0 Å². The SMILES string of the molecule is C=COCCNC. The number of hydrogen-bond acceptors (Lipinski definition) is 2.